The number of hydrogen-bond acceptors (Lipinski definition) is 5. The van der Waals surface area contributed by atoms with Gasteiger partial charge in [-0.15, -0.1) is 11.8 Å². The Balaban J connectivity index is 2.02. The van der Waals surface area contributed by atoms with Crippen LogP contribution in [0.3, 0.4) is 0 Å². The molecule has 2 rings (SSSR count). The number of piperidine rings is 1. The van der Waals surface area contributed by atoms with Gasteiger partial charge in [0.2, 0.25) is 5.91 Å². The minimum Gasteiger partial charge on any atom is -0.480 e. The molecular formula is C13H20N2O5S. The van der Waals surface area contributed by atoms with E-state index < -0.39 is 29.7 Å². The number of carboxylic acid groups (broad SMARTS) is 1. The summed E-state index contributed by atoms with van der Waals surface area (Å²) in [5.41, 5.74) is -0.641. The molecule has 2 aliphatic heterocycles. The van der Waals surface area contributed by atoms with E-state index in [-0.39, 0.29) is 11.3 Å². The molecule has 118 valence electrons. The number of amides is 2. The second-order valence-corrected chi connectivity index (χ2v) is 7.37. The quantitative estimate of drug-likeness (QED) is 0.790. The number of ether oxygens (including phenoxy) is 1. The Bertz CT molecular complexity index is 462. The first-order valence-electron chi connectivity index (χ1n) is 6.85. The summed E-state index contributed by atoms with van der Waals surface area (Å²) >= 11 is 1.48. The summed E-state index contributed by atoms with van der Waals surface area (Å²) in [5, 5.41) is 11.6. The maximum absolute atomic E-state index is 12.4. The molecule has 0 spiro atoms. The Morgan fingerprint density at radius 2 is 2.05 bits per heavy atom. The molecule has 0 aliphatic carbocycles. The Labute approximate surface area is 127 Å². The average Bonchev–Trinajstić information content (AvgIpc) is 2.75. The van der Waals surface area contributed by atoms with Crippen molar-refractivity contribution in [1.82, 2.24) is 10.2 Å². The minimum atomic E-state index is -1.00. The number of aliphatic carboxylic acids is 1. The fraction of sp³-hybridized carbons (Fsp3) is 0.769. The van der Waals surface area contributed by atoms with Crippen molar-refractivity contribution in [2.24, 2.45) is 0 Å². The molecule has 2 heterocycles. The highest BCUT2D eigenvalue weighted by Gasteiger charge is 2.47. The summed E-state index contributed by atoms with van der Waals surface area (Å²) in [7, 11) is 0. The maximum atomic E-state index is 12.4. The molecule has 2 aliphatic rings. The van der Waals surface area contributed by atoms with Crippen LogP contribution in [0.4, 0.5) is 4.79 Å². The molecule has 0 radical (unpaired) electrons. The van der Waals surface area contributed by atoms with Gasteiger partial charge in [0.25, 0.3) is 0 Å². The van der Waals surface area contributed by atoms with Crippen molar-refractivity contribution in [3.63, 3.8) is 0 Å². The lowest BCUT2D eigenvalue weighted by atomic mass is 10.0. The number of thioether (sulfide) groups is 1. The number of fused-ring (bicyclic) bond motifs is 1. The number of carbonyl (C=O) groups is 3. The van der Waals surface area contributed by atoms with E-state index in [1.54, 1.807) is 20.8 Å². The van der Waals surface area contributed by atoms with Crippen LogP contribution < -0.4 is 5.32 Å². The van der Waals surface area contributed by atoms with Crippen LogP contribution in [0, 0.1) is 0 Å². The van der Waals surface area contributed by atoms with E-state index in [1.807, 2.05) is 0 Å². The molecule has 3 atom stereocenters. The van der Waals surface area contributed by atoms with Crippen LogP contribution in [-0.2, 0) is 14.3 Å². The van der Waals surface area contributed by atoms with Gasteiger partial charge in [-0.1, -0.05) is 0 Å². The first-order valence-corrected chi connectivity index (χ1v) is 7.90. The summed E-state index contributed by atoms with van der Waals surface area (Å²) in [6.07, 6.45) is 0.511. The predicted molar refractivity (Wildman–Crippen MR) is 76.9 cm³/mol. The normalized spacial score (nSPS) is 29.0. The van der Waals surface area contributed by atoms with E-state index in [9.17, 15) is 19.5 Å². The first kappa shape index (κ1) is 15.9. The molecule has 2 N–H and O–H groups in total. The molecule has 2 amide bonds. The fourth-order valence-electron chi connectivity index (χ4n) is 2.47. The monoisotopic (exact) mass is 316 g/mol. The SMILES string of the molecule is CC(C)(C)OC(=O)N[C@H]1CC[C@@H]2SC[C@@H](C(=O)O)N2C1=O. The number of carbonyl (C=O) groups excluding carboxylic acids is 2. The van der Waals surface area contributed by atoms with Crippen LogP contribution in [0.15, 0.2) is 0 Å². The van der Waals surface area contributed by atoms with Crippen LogP contribution in [0.5, 0.6) is 0 Å². The van der Waals surface area contributed by atoms with E-state index in [0.29, 0.717) is 18.6 Å². The number of nitrogens with zero attached hydrogens (tertiary/aromatic N) is 1. The lowest BCUT2D eigenvalue weighted by Crippen LogP contribution is -2.58. The smallest absolute Gasteiger partial charge is 0.408 e. The van der Waals surface area contributed by atoms with Gasteiger partial charge in [-0.05, 0) is 33.6 Å². The first-order chi connectivity index (χ1) is 9.69. The van der Waals surface area contributed by atoms with Crippen molar-refractivity contribution < 1.29 is 24.2 Å². The van der Waals surface area contributed by atoms with Gasteiger partial charge in [-0.2, -0.15) is 0 Å². The van der Waals surface area contributed by atoms with Crippen molar-refractivity contribution in [2.75, 3.05) is 5.75 Å². The molecule has 0 aromatic heterocycles. The average molecular weight is 316 g/mol. The van der Waals surface area contributed by atoms with E-state index in [2.05, 4.69) is 5.32 Å². The molecule has 0 bridgehead atoms. The molecule has 0 unspecified atom stereocenters. The summed E-state index contributed by atoms with van der Waals surface area (Å²) in [4.78, 5) is 36.7. The zero-order valence-electron chi connectivity index (χ0n) is 12.3. The number of hydrogen-bond donors (Lipinski definition) is 2. The molecule has 0 saturated carbocycles. The van der Waals surface area contributed by atoms with Crippen LogP contribution in [-0.4, -0.2) is 56.8 Å². The standard InChI is InChI=1S/C13H20N2O5S/c1-13(2,3)20-12(19)14-7-4-5-9-15(10(7)16)8(6-21-9)11(17)18/h7-9H,4-6H2,1-3H3,(H,14,19)(H,17,18)/t7-,8-,9-/m0/s1. The highest BCUT2D eigenvalue weighted by atomic mass is 32.2. The highest BCUT2D eigenvalue weighted by molar-refractivity contribution is 8.00. The molecule has 0 aromatic carbocycles. The predicted octanol–water partition coefficient (Wildman–Crippen LogP) is 1.03. The van der Waals surface area contributed by atoms with Crippen LogP contribution in [0.2, 0.25) is 0 Å². The lowest BCUT2D eigenvalue weighted by Gasteiger charge is -2.36. The molecular weight excluding hydrogens is 296 g/mol. The van der Waals surface area contributed by atoms with Gasteiger partial charge in [0.15, 0.2) is 0 Å². The van der Waals surface area contributed by atoms with Gasteiger partial charge in [0, 0.05) is 5.75 Å². The van der Waals surface area contributed by atoms with Gasteiger partial charge < -0.3 is 20.1 Å². The number of rotatable bonds is 2. The van der Waals surface area contributed by atoms with Gasteiger partial charge in [-0.3, -0.25) is 4.79 Å². The lowest BCUT2D eigenvalue weighted by molar-refractivity contribution is -0.151. The zero-order chi connectivity index (χ0) is 15.8. The number of nitrogens with one attached hydrogen (secondary N) is 1. The summed E-state index contributed by atoms with van der Waals surface area (Å²) in [5.74, 6) is -0.948. The third-order valence-electron chi connectivity index (χ3n) is 3.32. The number of carboxylic acids is 1. The van der Waals surface area contributed by atoms with Gasteiger partial charge >= 0.3 is 12.1 Å². The van der Waals surface area contributed by atoms with E-state index in [4.69, 9.17) is 4.74 Å². The van der Waals surface area contributed by atoms with Gasteiger partial charge in [-0.25, -0.2) is 9.59 Å². The molecule has 2 fully saturated rings. The molecule has 21 heavy (non-hydrogen) atoms. The third kappa shape index (κ3) is 3.61. The number of alkyl carbamates (subject to hydrolysis) is 1. The van der Waals surface area contributed by atoms with Crippen molar-refractivity contribution in [1.29, 1.82) is 0 Å². The Kier molecular flexibility index (Phi) is 4.36. The highest BCUT2D eigenvalue weighted by Crippen LogP contribution is 2.36. The third-order valence-corrected chi connectivity index (χ3v) is 4.68. The molecule has 8 heteroatoms. The molecule has 7 nitrogen and oxygen atoms in total. The topological polar surface area (TPSA) is 95.9 Å². The van der Waals surface area contributed by atoms with E-state index in [1.165, 1.54) is 16.7 Å². The van der Waals surface area contributed by atoms with Crippen molar-refractivity contribution in [3.8, 4) is 0 Å². The Morgan fingerprint density at radius 3 is 2.62 bits per heavy atom. The molecule has 0 aromatic rings. The van der Waals surface area contributed by atoms with Crippen molar-refractivity contribution in [2.45, 2.75) is 56.7 Å². The van der Waals surface area contributed by atoms with Gasteiger partial charge in [0.05, 0.1) is 5.37 Å². The van der Waals surface area contributed by atoms with Crippen LogP contribution >= 0.6 is 11.8 Å². The van der Waals surface area contributed by atoms with E-state index in [0.717, 1.165) is 0 Å². The van der Waals surface area contributed by atoms with Crippen molar-refractivity contribution >= 4 is 29.7 Å². The summed E-state index contributed by atoms with van der Waals surface area (Å²) < 4.78 is 5.13. The van der Waals surface area contributed by atoms with Crippen LogP contribution in [0.25, 0.3) is 0 Å². The van der Waals surface area contributed by atoms with Crippen molar-refractivity contribution in [3.05, 3.63) is 0 Å². The summed E-state index contributed by atoms with van der Waals surface area (Å²) in [6.45, 7) is 5.22. The fourth-order valence-corrected chi connectivity index (χ4v) is 3.89. The maximum Gasteiger partial charge on any atom is 0.408 e. The van der Waals surface area contributed by atoms with Crippen LogP contribution in [0.1, 0.15) is 33.6 Å². The Morgan fingerprint density at radius 1 is 1.38 bits per heavy atom. The summed E-state index contributed by atoms with van der Waals surface area (Å²) in [6, 6.07) is -1.52. The minimum absolute atomic E-state index is 0.102. The molecule has 2 saturated heterocycles. The second kappa shape index (κ2) is 5.75. The van der Waals surface area contributed by atoms with E-state index >= 15 is 0 Å². The largest absolute Gasteiger partial charge is 0.480 e. The second-order valence-electron chi connectivity index (χ2n) is 6.16. The Hall–Kier alpha value is -1.44. The van der Waals surface area contributed by atoms with Gasteiger partial charge in [0.1, 0.15) is 17.7 Å². The zero-order valence-corrected chi connectivity index (χ0v) is 13.1.